The third-order valence-corrected chi connectivity index (χ3v) is 7.01. The molecule has 0 amide bonds. The van der Waals surface area contributed by atoms with Crippen LogP contribution in [-0.4, -0.2) is 49.7 Å². The summed E-state index contributed by atoms with van der Waals surface area (Å²) in [5, 5.41) is 3.85. The first-order valence-corrected chi connectivity index (χ1v) is 10.4. The van der Waals surface area contributed by atoms with Gasteiger partial charge in [0.15, 0.2) is 5.96 Å². The number of ether oxygens (including phenoxy) is 1. The zero-order chi connectivity index (χ0) is 16.4. The minimum atomic E-state index is 0. The van der Waals surface area contributed by atoms with Gasteiger partial charge in [0, 0.05) is 38.9 Å². The first-order valence-electron chi connectivity index (χ1n) is 10.4. The van der Waals surface area contributed by atoms with Gasteiger partial charge in [0.1, 0.15) is 0 Å². The van der Waals surface area contributed by atoms with Crippen molar-refractivity contribution < 1.29 is 4.74 Å². The summed E-state index contributed by atoms with van der Waals surface area (Å²) in [6.07, 6.45) is 12.5. The number of rotatable bonds is 3. The van der Waals surface area contributed by atoms with Gasteiger partial charge >= 0.3 is 0 Å². The van der Waals surface area contributed by atoms with E-state index in [0.29, 0.717) is 11.5 Å². The van der Waals surface area contributed by atoms with E-state index in [1.165, 1.54) is 76.8 Å². The van der Waals surface area contributed by atoms with Crippen molar-refractivity contribution in [2.75, 3.05) is 32.8 Å². The maximum Gasteiger partial charge on any atom is 0.194 e. The second-order valence-electron chi connectivity index (χ2n) is 8.63. The third-order valence-electron chi connectivity index (χ3n) is 7.01. The second-order valence-corrected chi connectivity index (χ2v) is 8.63. The van der Waals surface area contributed by atoms with Crippen molar-refractivity contribution in [3.63, 3.8) is 0 Å². The van der Waals surface area contributed by atoms with Gasteiger partial charge in [-0.25, -0.2) is 0 Å². The largest absolute Gasteiger partial charge is 0.381 e. The van der Waals surface area contributed by atoms with E-state index in [4.69, 9.17) is 9.73 Å². The molecule has 2 aliphatic heterocycles. The second kappa shape index (κ2) is 8.77. The van der Waals surface area contributed by atoms with Crippen LogP contribution in [0.3, 0.4) is 0 Å². The molecule has 2 atom stereocenters. The van der Waals surface area contributed by atoms with Gasteiger partial charge < -0.3 is 15.0 Å². The van der Waals surface area contributed by atoms with E-state index in [1.807, 2.05) is 0 Å². The molecule has 25 heavy (non-hydrogen) atoms. The van der Waals surface area contributed by atoms with Crippen molar-refractivity contribution >= 4 is 29.9 Å². The quantitative estimate of drug-likeness (QED) is 0.392. The van der Waals surface area contributed by atoms with Crippen molar-refractivity contribution in [1.82, 2.24) is 10.2 Å². The van der Waals surface area contributed by atoms with Gasteiger partial charge in [-0.2, -0.15) is 0 Å². The van der Waals surface area contributed by atoms with Gasteiger partial charge in [-0.15, -0.1) is 24.0 Å². The Labute approximate surface area is 170 Å². The van der Waals surface area contributed by atoms with Crippen LogP contribution >= 0.6 is 24.0 Å². The molecule has 0 aromatic rings. The molecule has 0 bridgehead atoms. The smallest absolute Gasteiger partial charge is 0.194 e. The molecule has 4 fully saturated rings. The molecular formula is C20H36IN3O. The molecule has 0 radical (unpaired) electrons. The van der Waals surface area contributed by atoms with Crippen LogP contribution < -0.4 is 5.32 Å². The SMILES string of the molecule is CCN=C(NC1CC1C1CCCCC1)N1CCC2(CCOCC2)C1.I. The van der Waals surface area contributed by atoms with Crippen molar-refractivity contribution in [3.8, 4) is 0 Å². The molecule has 2 aliphatic carbocycles. The molecule has 2 heterocycles. The van der Waals surface area contributed by atoms with Crippen molar-refractivity contribution in [3.05, 3.63) is 0 Å². The summed E-state index contributed by atoms with van der Waals surface area (Å²) in [4.78, 5) is 7.39. The third kappa shape index (κ3) is 4.63. The van der Waals surface area contributed by atoms with E-state index in [2.05, 4.69) is 17.1 Å². The molecule has 2 unspecified atom stereocenters. The molecule has 144 valence electrons. The highest BCUT2D eigenvalue weighted by Crippen LogP contribution is 2.45. The summed E-state index contributed by atoms with van der Waals surface area (Å²) >= 11 is 0. The Morgan fingerprint density at radius 2 is 1.92 bits per heavy atom. The maximum atomic E-state index is 5.59. The summed E-state index contributed by atoms with van der Waals surface area (Å²) in [5.41, 5.74) is 0.501. The fourth-order valence-electron chi connectivity index (χ4n) is 5.34. The topological polar surface area (TPSA) is 36.9 Å². The zero-order valence-corrected chi connectivity index (χ0v) is 18.2. The zero-order valence-electron chi connectivity index (χ0n) is 15.8. The Bertz CT molecular complexity index is 458. The lowest BCUT2D eigenvalue weighted by atomic mass is 9.80. The monoisotopic (exact) mass is 461 g/mol. The van der Waals surface area contributed by atoms with Gasteiger partial charge in [-0.05, 0) is 49.9 Å². The lowest BCUT2D eigenvalue weighted by Crippen LogP contribution is -2.44. The number of nitrogens with one attached hydrogen (secondary N) is 1. The molecule has 2 saturated heterocycles. The number of aliphatic imine (C=N–C) groups is 1. The van der Waals surface area contributed by atoms with E-state index in [-0.39, 0.29) is 24.0 Å². The molecule has 4 rings (SSSR count). The number of likely N-dealkylation sites (tertiary alicyclic amines) is 1. The first-order chi connectivity index (χ1) is 11.8. The number of nitrogens with zero attached hydrogens (tertiary/aromatic N) is 2. The van der Waals surface area contributed by atoms with Crippen LogP contribution in [0.15, 0.2) is 4.99 Å². The predicted octanol–water partition coefficient (Wildman–Crippen LogP) is 4.04. The number of guanidine groups is 1. The molecule has 5 heteroatoms. The Balaban J connectivity index is 0.00000182. The van der Waals surface area contributed by atoms with Gasteiger partial charge in [0.25, 0.3) is 0 Å². The first kappa shape index (κ1) is 19.7. The molecule has 1 spiro atoms. The minimum absolute atomic E-state index is 0. The normalized spacial score (nSPS) is 32.5. The van der Waals surface area contributed by atoms with Crippen LogP contribution in [0.4, 0.5) is 0 Å². The van der Waals surface area contributed by atoms with E-state index in [1.54, 1.807) is 0 Å². The number of hydrogen-bond donors (Lipinski definition) is 1. The maximum absolute atomic E-state index is 5.59. The lowest BCUT2D eigenvalue weighted by Gasteiger charge is -2.33. The molecule has 2 saturated carbocycles. The van der Waals surface area contributed by atoms with E-state index < -0.39 is 0 Å². The van der Waals surface area contributed by atoms with Crippen LogP contribution in [0.5, 0.6) is 0 Å². The van der Waals surface area contributed by atoms with Crippen LogP contribution in [0.1, 0.15) is 64.7 Å². The summed E-state index contributed by atoms with van der Waals surface area (Å²) < 4.78 is 5.59. The Kier molecular flexibility index (Phi) is 6.91. The van der Waals surface area contributed by atoms with Gasteiger partial charge in [-0.1, -0.05) is 32.1 Å². The summed E-state index contributed by atoms with van der Waals surface area (Å²) in [7, 11) is 0. The van der Waals surface area contributed by atoms with Crippen LogP contribution in [0.25, 0.3) is 0 Å². The highest BCUT2D eigenvalue weighted by Gasteiger charge is 2.45. The number of hydrogen-bond acceptors (Lipinski definition) is 2. The lowest BCUT2D eigenvalue weighted by molar-refractivity contribution is 0.0217. The fourth-order valence-corrected chi connectivity index (χ4v) is 5.34. The Morgan fingerprint density at radius 1 is 1.16 bits per heavy atom. The van der Waals surface area contributed by atoms with E-state index in [9.17, 15) is 0 Å². The van der Waals surface area contributed by atoms with E-state index in [0.717, 1.165) is 31.6 Å². The summed E-state index contributed by atoms with van der Waals surface area (Å²) in [6.45, 7) is 7.31. The fraction of sp³-hybridized carbons (Fsp3) is 0.950. The summed E-state index contributed by atoms with van der Waals surface area (Å²) in [6, 6.07) is 0.699. The van der Waals surface area contributed by atoms with E-state index >= 15 is 0 Å². The molecule has 0 aromatic carbocycles. The average molecular weight is 461 g/mol. The van der Waals surface area contributed by atoms with Gasteiger partial charge in [-0.3, -0.25) is 4.99 Å². The molecule has 4 aliphatic rings. The van der Waals surface area contributed by atoms with Gasteiger partial charge in [0.2, 0.25) is 0 Å². The summed E-state index contributed by atoms with van der Waals surface area (Å²) in [5.74, 6) is 3.11. The van der Waals surface area contributed by atoms with Crippen molar-refractivity contribution in [1.29, 1.82) is 0 Å². The Hall–Kier alpha value is -0.0400. The Morgan fingerprint density at radius 3 is 2.64 bits per heavy atom. The predicted molar refractivity (Wildman–Crippen MR) is 114 cm³/mol. The molecule has 4 nitrogen and oxygen atoms in total. The molecule has 0 aromatic heterocycles. The molecule has 1 N–H and O–H groups in total. The van der Waals surface area contributed by atoms with Gasteiger partial charge in [0.05, 0.1) is 0 Å². The van der Waals surface area contributed by atoms with Crippen LogP contribution in [0.2, 0.25) is 0 Å². The van der Waals surface area contributed by atoms with Crippen molar-refractivity contribution in [2.45, 2.75) is 70.8 Å². The highest BCUT2D eigenvalue weighted by atomic mass is 127. The molecular weight excluding hydrogens is 425 g/mol. The minimum Gasteiger partial charge on any atom is -0.381 e. The van der Waals surface area contributed by atoms with Crippen LogP contribution in [-0.2, 0) is 4.74 Å². The van der Waals surface area contributed by atoms with Crippen LogP contribution in [0, 0.1) is 17.3 Å². The average Bonchev–Trinajstić information content (AvgIpc) is 3.29. The van der Waals surface area contributed by atoms with Crippen molar-refractivity contribution in [2.24, 2.45) is 22.2 Å². The standard InChI is InChI=1S/C20H35N3O.HI/c1-2-21-19(22-18-14-17(18)16-6-4-3-5-7-16)23-11-8-20(15-23)9-12-24-13-10-20;/h16-18H,2-15H2,1H3,(H,21,22);1H. The number of halogens is 1. The highest BCUT2D eigenvalue weighted by molar-refractivity contribution is 14.0.